The summed E-state index contributed by atoms with van der Waals surface area (Å²) in [5, 5.41) is 12.3. The second-order valence-electron chi connectivity index (χ2n) is 2.94. The molecule has 5 nitrogen and oxygen atoms in total. The number of halogens is 1. The minimum atomic E-state index is -0.466. The van der Waals surface area contributed by atoms with Crippen LogP contribution >= 0.6 is 15.9 Å². The number of hydrogen-bond acceptors (Lipinski definition) is 5. The van der Waals surface area contributed by atoms with Crippen LogP contribution < -0.4 is 5.32 Å². The largest absolute Gasteiger partial charge is 0.492 e. The van der Waals surface area contributed by atoms with Gasteiger partial charge >= 0.3 is 5.97 Å². The van der Waals surface area contributed by atoms with Crippen LogP contribution in [0.3, 0.4) is 0 Å². The predicted molar refractivity (Wildman–Crippen MR) is 63.7 cm³/mol. The molecule has 0 spiro atoms. The van der Waals surface area contributed by atoms with Gasteiger partial charge in [0.25, 0.3) is 0 Å². The summed E-state index contributed by atoms with van der Waals surface area (Å²) in [6.07, 6.45) is 0. The molecule has 88 valence electrons. The second-order valence-corrected chi connectivity index (χ2v) is 3.80. The summed E-state index contributed by atoms with van der Waals surface area (Å²) in [5.74, 6) is -0.308. The van der Waals surface area contributed by atoms with Crippen LogP contribution in [0.2, 0.25) is 0 Å². The molecule has 0 saturated carbocycles. The van der Waals surface area contributed by atoms with Crippen LogP contribution in [0, 0.1) is 0 Å². The molecule has 0 amide bonds. The number of ether oxygens (including phenoxy) is 1. The number of esters is 1. The van der Waals surface area contributed by atoms with Crippen molar-refractivity contribution >= 4 is 27.7 Å². The number of aromatic hydroxyl groups is 1. The van der Waals surface area contributed by atoms with Crippen molar-refractivity contribution in [1.29, 1.82) is 0 Å². The highest BCUT2D eigenvalue weighted by atomic mass is 79.9. The Kier molecular flexibility index (Phi) is 4.54. The maximum absolute atomic E-state index is 11.6. The quantitative estimate of drug-likeness (QED) is 0.831. The van der Waals surface area contributed by atoms with Gasteiger partial charge in [0, 0.05) is 6.54 Å². The van der Waals surface area contributed by atoms with Gasteiger partial charge in [0.1, 0.15) is 11.4 Å². The molecule has 0 unspecified atom stereocenters. The van der Waals surface area contributed by atoms with Crippen molar-refractivity contribution in [2.75, 3.05) is 18.5 Å². The molecule has 0 aromatic carbocycles. The Morgan fingerprint density at radius 3 is 2.88 bits per heavy atom. The Hall–Kier alpha value is -1.30. The average Bonchev–Trinajstić information content (AvgIpc) is 2.23. The molecular weight excluding hydrogens is 276 g/mol. The SMILES string of the molecule is CCNc1nc(O)c(Br)cc1C(=O)OCC. The summed E-state index contributed by atoms with van der Waals surface area (Å²) in [7, 11) is 0. The summed E-state index contributed by atoms with van der Waals surface area (Å²) in [6, 6.07) is 1.48. The zero-order chi connectivity index (χ0) is 12.1. The minimum absolute atomic E-state index is 0.163. The molecule has 0 bridgehead atoms. The average molecular weight is 289 g/mol. The molecule has 2 N–H and O–H groups in total. The summed E-state index contributed by atoms with van der Waals surface area (Å²) >= 11 is 3.10. The summed E-state index contributed by atoms with van der Waals surface area (Å²) in [4.78, 5) is 15.5. The zero-order valence-corrected chi connectivity index (χ0v) is 10.7. The van der Waals surface area contributed by atoms with Gasteiger partial charge in [-0.15, -0.1) is 0 Å². The first-order valence-corrected chi connectivity index (χ1v) is 5.69. The number of hydrogen-bond donors (Lipinski definition) is 2. The number of anilines is 1. The van der Waals surface area contributed by atoms with E-state index in [2.05, 4.69) is 26.2 Å². The number of nitrogens with one attached hydrogen (secondary N) is 1. The van der Waals surface area contributed by atoms with Gasteiger partial charge in [-0.2, -0.15) is 4.98 Å². The molecule has 0 saturated heterocycles. The van der Waals surface area contributed by atoms with Crippen LogP contribution in [0.25, 0.3) is 0 Å². The third kappa shape index (κ3) is 2.85. The molecule has 0 aliphatic heterocycles. The number of aromatic nitrogens is 1. The molecule has 0 radical (unpaired) electrons. The lowest BCUT2D eigenvalue weighted by Gasteiger charge is -2.10. The van der Waals surface area contributed by atoms with Gasteiger partial charge in [0.05, 0.1) is 11.1 Å². The van der Waals surface area contributed by atoms with Crippen LogP contribution in [-0.4, -0.2) is 29.2 Å². The fourth-order valence-electron chi connectivity index (χ4n) is 1.15. The van der Waals surface area contributed by atoms with E-state index in [4.69, 9.17) is 4.74 Å². The summed E-state index contributed by atoms with van der Waals surface area (Å²) < 4.78 is 5.25. The van der Waals surface area contributed by atoms with Crippen molar-refractivity contribution in [3.8, 4) is 5.88 Å². The Bertz CT molecular complexity index is 396. The lowest BCUT2D eigenvalue weighted by Crippen LogP contribution is -2.11. The molecule has 0 aliphatic carbocycles. The summed E-state index contributed by atoms with van der Waals surface area (Å²) in [5.41, 5.74) is 0.299. The van der Waals surface area contributed by atoms with E-state index < -0.39 is 5.97 Å². The fourth-order valence-corrected chi connectivity index (χ4v) is 1.46. The van der Waals surface area contributed by atoms with Gasteiger partial charge in [-0.25, -0.2) is 4.79 Å². The lowest BCUT2D eigenvalue weighted by molar-refractivity contribution is 0.0527. The predicted octanol–water partition coefficient (Wildman–Crippen LogP) is 2.16. The van der Waals surface area contributed by atoms with E-state index in [1.807, 2.05) is 6.92 Å². The van der Waals surface area contributed by atoms with Gasteiger partial charge in [-0.3, -0.25) is 0 Å². The molecule has 0 fully saturated rings. The third-order valence-corrected chi connectivity index (χ3v) is 2.38. The Morgan fingerprint density at radius 2 is 2.31 bits per heavy atom. The van der Waals surface area contributed by atoms with Crippen molar-refractivity contribution in [1.82, 2.24) is 4.98 Å². The van der Waals surface area contributed by atoms with Crippen LogP contribution in [-0.2, 0) is 4.74 Å². The normalized spacial score (nSPS) is 9.94. The lowest BCUT2D eigenvalue weighted by atomic mass is 10.2. The first kappa shape index (κ1) is 12.8. The highest BCUT2D eigenvalue weighted by molar-refractivity contribution is 9.10. The number of rotatable bonds is 4. The monoisotopic (exact) mass is 288 g/mol. The van der Waals surface area contributed by atoms with Crippen molar-refractivity contribution in [2.24, 2.45) is 0 Å². The molecule has 1 aromatic heterocycles. The van der Waals surface area contributed by atoms with Crippen molar-refractivity contribution < 1.29 is 14.6 Å². The maximum atomic E-state index is 11.6. The van der Waals surface area contributed by atoms with Crippen molar-refractivity contribution in [3.63, 3.8) is 0 Å². The molecule has 16 heavy (non-hydrogen) atoms. The molecule has 1 rings (SSSR count). The standard InChI is InChI=1S/C10H13BrN2O3/c1-3-12-8-6(10(15)16-4-2)5-7(11)9(14)13-8/h5H,3-4H2,1-2H3,(H2,12,13,14). The molecule has 0 aliphatic rings. The van der Waals surface area contributed by atoms with Crippen LogP contribution in [0.4, 0.5) is 5.82 Å². The van der Waals surface area contributed by atoms with Crippen LogP contribution in [0.15, 0.2) is 10.5 Å². The summed E-state index contributed by atoms with van der Waals surface area (Å²) in [6.45, 7) is 4.49. The Balaban J connectivity index is 3.13. The molecule has 6 heteroatoms. The van der Waals surface area contributed by atoms with Crippen molar-refractivity contribution in [3.05, 3.63) is 16.1 Å². The van der Waals surface area contributed by atoms with Gasteiger partial charge in [-0.1, -0.05) is 0 Å². The third-order valence-electron chi connectivity index (χ3n) is 1.80. The smallest absolute Gasteiger partial charge is 0.341 e. The van der Waals surface area contributed by atoms with E-state index in [9.17, 15) is 9.90 Å². The Labute approximate surface area is 102 Å². The van der Waals surface area contributed by atoms with Crippen molar-refractivity contribution in [2.45, 2.75) is 13.8 Å². The molecule has 1 heterocycles. The van der Waals surface area contributed by atoms with Gasteiger partial charge in [-0.05, 0) is 35.8 Å². The highest BCUT2D eigenvalue weighted by Crippen LogP contribution is 2.27. The fraction of sp³-hybridized carbons (Fsp3) is 0.400. The zero-order valence-electron chi connectivity index (χ0n) is 9.08. The minimum Gasteiger partial charge on any atom is -0.492 e. The number of carbonyl (C=O) groups is 1. The van der Waals surface area contributed by atoms with E-state index >= 15 is 0 Å². The van der Waals surface area contributed by atoms with E-state index in [0.717, 1.165) is 0 Å². The number of pyridine rings is 1. The number of nitrogens with zero attached hydrogens (tertiary/aromatic N) is 1. The van der Waals surface area contributed by atoms with Gasteiger partial charge < -0.3 is 15.2 Å². The molecule has 0 atom stereocenters. The first-order valence-electron chi connectivity index (χ1n) is 4.90. The number of carbonyl (C=O) groups excluding carboxylic acids is 1. The van der Waals surface area contributed by atoms with Crippen LogP contribution in [0.5, 0.6) is 5.88 Å². The van der Waals surface area contributed by atoms with E-state index in [-0.39, 0.29) is 5.88 Å². The topological polar surface area (TPSA) is 71.5 Å². The van der Waals surface area contributed by atoms with Crippen LogP contribution in [0.1, 0.15) is 24.2 Å². The Morgan fingerprint density at radius 1 is 1.62 bits per heavy atom. The van der Waals surface area contributed by atoms with E-state index in [0.29, 0.717) is 29.0 Å². The first-order chi connectivity index (χ1) is 7.60. The maximum Gasteiger partial charge on any atom is 0.341 e. The molecule has 1 aromatic rings. The second kappa shape index (κ2) is 5.69. The van der Waals surface area contributed by atoms with E-state index in [1.54, 1.807) is 6.92 Å². The highest BCUT2D eigenvalue weighted by Gasteiger charge is 2.16. The van der Waals surface area contributed by atoms with Gasteiger partial charge in [0.2, 0.25) is 5.88 Å². The molecular formula is C10H13BrN2O3. The van der Waals surface area contributed by atoms with Gasteiger partial charge in [0.15, 0.2) is 0 Å². The van der Waals surface area contributed by atoms with E-state index in [1.165, 1.54) is 6.07 Å².